The van der Waals surface area contributed by atoms with Crippen molar-refractivity contribution in [2.24, 2.45) is 0 Å². The van der Waals surface area contributed by atoms with Crippen LogP contribution in [0.2, 0.25) is 5.02 Å². The van der Waals surface area contributed by atoms with E-state index in [2.05, 4.69) is 4.98 Å². The average Bonchev–Trinajstić information content (AvgIpc) is 2.20. The molecule has 0 fully saturated rings. The Morgan fingerprint density at radius 1 is 1.40 bits per heavy atom. The number of halogens is 2. The summed E-state index contributed by atoms with van der Waals surface area (Å²) in [4.78, 5) is 3.71. The lowest BCUT2D eigenvalue weighted by atomic mass is 10.4. The number of nitrogens with zero attached hydrogens (tertiary/aromatic N) is 1. The summed E-state index contributed by atoms with van der Waals surface area (Å²) in [7, 11) is 0. The largest absolute Gasteiger partial charge is 0.473 e. The second kappa shape index (κ2) is 6.58. The van der Waals surface area contributed by atoms with Crippen LogP contribution in [-0.4, -0.2) is 24.8 Å². The van der Waals surface area contributed by atoms with E-state index in [4.69, 9.17) is 21.1 Å². The van der Waals surface area contributed by atoms with Gasteiger partial charge in [0.25, 0.3) is 5.88 Å². The Morgan fingerprint density at radius 3 is 2.87 bits per heavy atom. The summed E-state index contributed by atoms with van der Waals surface area (Å²) in [5, 5.41) is 0.252. The number of hydrogen-bond donors (Lipinski definition) is 0. The first-order valence-corrected chi connectivity index (χ1v) is 5.13. The van der Waals surface area contributed by atoms with Crippen LogP contribution < -0.4 is 4.74 Å². The van der Waals surface area contributed by atoms with E-state index < -0.39 is 5.82 Å². The molecule has 0 spiro atoms. The molecule has 3 nitrogen and oxygen atoms in total. The first-order valence-electron chi connectivity index (χ1n) is 4.75. The molecule has 0 aliphatic rings. The molecular weight excluding hydrogens is 221 g/mol. The van der Waals surface area contributed by atoms with Crippen molar-refractivity contribution < 1.29 is 13.9 Å². The molecule has 1 aromatic rings. The maximum Gasteiger partial charge on any atom is 0.250 e. The van der Waals surface area contributed by atoms with Gasteiger partial charge in [0.2, 0.25) is 0 Å². The Balaban J connectivity index is 2.31. The lowest BCUT2D eigenvalue weighted by Gasteiger charge is -2.06. The van der Waals surface area contributed by atoms with Gasteiger partial charge in [-0.25, -0.2) is 9.37 Å². The van der Waals surface area contributed by atoms with Gasteiger partial charge in [0, 0.05) is 12.8 Å². The van der Waals surface area contributed by atoms with Crippen molar-refractivity contribution in [3.8, 4) is 5.88 Å². The van der Waals surface area contributed by atoms with Gasteiger partial charge in [0.15, 0.2) is 5.82 Å². The normalized spacial score (nSPS) is 10.3. The van der Waals surface area contributed by atoms with Gasteiger partial charge in [-0.3, -0.25) is 0 Å². The topological polar surface area (TPSA) is 31.4 Å². The van der Waals surface area contributed by atoms with E-state index in [1.54, 1.807) is 0 Å². The molecule has 0 aromatic carbocycles. The minimum Gasteiger partial charge on any atom is -0.473 e. The molecule has 0 aliphatic heterocycles. The molecular formula is C10H13ClFNO2. The van der Waals surface area contributed by atoms with Gasteiger partial charge in [0.05, 0.1) is 11.6 Å². The van der Waals surface area contributed by atoms with E-state index >= 15 is 0 Å². The number of ether oxygens (including phenoxy) is 2. The molecule has 0 amide bonds. The molecule has 1 heterocycles. The maximum absolute atomic E-state index is 13.1. The van der Waals surface area contributed by atoms with Gasteiger partial charge in [-0.15, -0.1) is 0 Å². The SMILES string of the molecule is CCCOCCOc1ncc(Cl)cc1F. The lowest BCUT2D eigenvalue weighted by Crippen LogP contribution is -2.08. The summed E-state index contributed by atoms with van der Waals surface area (Å²) in [6.45, 7) is 3.41. The van der Waals surface area contributed by atoms with Gasteiger partial charge in [0.1, 0.15) is 6.61 Å². The van der Waals surface area contributed by atoms with E-state index in [0.29, 0.717) is 13.2 Å². The fourth-order valence-electron chi connectivity index (χ4n) is 0.952. The van der Waals surface area contributed by atoms with Crippen LogP contribution in [0.5, 0.6) is 5.88 Å². The average molecular weight is 234 g/mol. The van der Waals surface area contributed by atoms with Crippen LogP contribution in [0.4, 0.5) is 4.39 Å². The summed E-state index contributed by atoms with van der Waals surface area (Å²) >= 11 is 5.54. The summed E-state index contributed by atoms with van der Waals surface area (Å²) in [6.07, 6.45) is 2.29. The molecule has 0 N–H and O–H groups in total. The number of rotatable bonds is 6. The van der Waals surface area contributed by atoms with Crippen molar-refractivity contribution in [2.75, 3.05) is 19.8 Å². The standard InChI is InChI=1S/C10H13ClFNO2/c1-2-3-14-4-5-15-10-9(12)6-8(11)7-13-10/h6-7H,2-5H2,1H3. The Hall–Kier alpha value is -0.870. The number of hydrogen-bond acceptors (Lipinski definition) is 3. The first kappa shape index (κ1) is 12.2. The van der Waals surface area contributed by atoms with Crippen LogP contribution in [0.25, 0.3) is 0 Å². The predicted octanol–water partition coefficient (Wildman–Crippen LogP) is 2.68. The van der Waals surface area contributed by atoms with Gasteiger partial charge in [-0.1, -0.05) is 18.5 Å². The van der Waals surface area contributed by atoms with E-state index in [9.17, 15) is 4.39 Å². The second-order valence-electron chi connectivity index (χ2n) is 2.90. The predicted molar refractivity (Wildman–Crippen MR) is 55.8 cm³/mol. The van der Waals surface area contributed by atoms with Crippen LogP contribution in [0, 0.1) is 5.82 Å². The van der Waals surface area contributed by atoms with E-state index in [-0.39, 0.29) is 17.5 Å². The highest BCUT2D eigenvalue weighted by molar-refractivity contribution is 6.30. The van der Waals surface area contributed by atoms with Gasteiger partial charge < -0.3 is 9.47 Å². The smallest absolute Gasteiger partial charge is 0.250 e. The fourth-order valence-corrected chi connectivity index (χ4v) is 1.10. The summed E-state index contributed by atoms with van der Waals surface area (Å²) in [6, 6.07) is 1.16. The zero-order valence-corrected chi connectivity index (χ0v) is 9.26. The molecule has 0 unspecified atom stereocenters. The molecule has 0 atom stereocenters. The first-order chi connectivity index (χ1) is 7.24. The Bertz CT molecular complexity index is 309. The monoisotopic (exact) mass is 233 g/mol. The van der Waals surface area contributed by atoms with Gasteiger partial charge in [-0.05, 0) is 12.5 Å². The third-order valence-electron chi connectivity index (χ3n) is 1.59. The third kappa shape index (κ3) is 4.44. The van der Waals surface area contributed by atoms with Gasteiger partial charge in [-0.2, -0.15) is 0 Å². The quantitative estimate of drug-likeness (QED) is 0.708. The zero-order valence-electron chi connectivity index (χ0n) is 8.50. The van der Waals surface area contributed by atoms with Crippen LogP contribution >= 0.6 is 11.6 Å². The minimum atomic E-state index is -0.557. The number of aromatic nitrogens is 1. The van der Waals surface area contributed by atoms with E-state index in [1.807, 2.05) is 6.92 Å². The third-order valence-corrected chi connectivity index (χ3v) is 1.80. The lowest BCUT2D eigenvalue weighted by molar-refractivity contribution is 0.0974. The molecule has 1 rings (SSSR count). The van der Waals surface area contributed by atoms with Gasteiger partial charge >= 0.3 is 0 Å². The molecule has 1 aromatic heterocycles. The molecule has 0 radical (unpaired) electrons. The highest BCUT2D eigenvalue weighted by atomic mass is 35.5. The van der Waals surface area contributed by atoms with E-state index in [0.717, 1.165) is 12.5 Å². The number of pyridine rings is 1. The van der Waals surface area contributed by atoms with Crippen molar-refractivity contribution in [1.29, 1.82) is 0 Å². The molecule has 15 heavy (non-hydrogen) atoms. The molecule has 0 saturated carbocycles. The Kier molecular flexibility index (Phi) is 5.36. The van der Waals surface area contributed by atoms with Crippen LogP contribution in [0.3, 0.4) is 0 Å². The second-order valence-corrected chi connectivity index (χ2v) is 3.34. The van der Waals surface area contributed by atoms with Crippen LogP contribution in [0.15, 0.2) is 12.3 Å². The van der Waals surface area contributed by atoms with Crippen molar-refractivity contribution in [3.63, 3.8) is 0 Å². The van der Waals surface area contributed by atoms with Crippen molar-refractivity contribution in [1.82, 2.24) is 4.98 Å². The van der Waals surface area contributed by atoms with Crippen molar-refractivity contribution in [3.05, 3.63) is 23.1 Å². The molecule has 0 aliphatic carbocycles. The van der Waals surface area contributed by atoms with Crippen LogP contribution in [0.1, 0.15) is 13.3 Å². The molecule has 0 saturated heterocycles. The molecule has 0 bridgehead atoms. The highest BCUT2D eigenvalue weighted by Crippen LogP contribution is 2.17. The van der Waals surface area contributed by atoms with Crippen molar-refractivity contribution >= 4 is 11.6 Å². The maximum atomic E-state index is 13.1. The minimum absolute atomic E-state index is 0.0421. The highest BCUT2D eigenvalue weighted by Gasteiger charge is 2.05. The van der Waals surface area contributed by atoms with Crippen molar-refractivity contribution in [2.45, 2.75) is 13.3 Å². The zero-order chi connectivity index (χ0) is 11.1. The fraction of sp³-hybridized carbons (Fsp3) is 0.500. The Labute approximate surface area is 93.2 Å². The molecule has 5 heteroatoms. The molecule has 84 valence electrons. The van der Waals surface area contributed by atoms with Crippen LogP contribution in [-0.2, 0) is 4.74 Å². The summed E-state index contributed by atoms with van der Waals surface area (Å²) < 4.78 is 23.3. The summed E-state index contributed by atoms with van der Waals surface area (Å²) in [5.41, 5.74) is 0. The summed E-state index contributed by atoms with van der Waals surface area (Å²) in [5.74, 6) is -0.600. The van der Waals surface area contributed by atoms with E-state index in [1.165, 1.54) is 6.20 Å². The Morgan fingerprint density at radius 2 is 2.20 bits per heavy atom.